The highest BCUT2D eigenvalue weighted by atomic mass is 19.1. The molecule has 0 saturated heterocycles. The third-order valence-electron chi connectivity index (χ3n) is 2.69. The summed E-state index contributed by atoms with van der Waals surface area (Å²) >= 11 is 0. The number of hydrogen-bond acceptors (Lipinski definition) is 2. The van der Waals surface area contributed by atoms with E-state index >= 15 is 0 Å². The van der Waals surface area contributed by atoms with Crippen molar-refractivity contribution in [2.75, 3.05) is 6.61 Å². The number of nitrogens with one attached hydrogen (secondary N) is 1. The zero-order chi connectivity index (χ0) is 13.1. The Morgan fingerprint density at radius 3 is 2.50 bits per heavy atom. The van der Waals surface area contributed by atoms with Gasteiger partial charge in [-0.15, -0.1) is 0 Å². The molecule has 1 aliphatic carbocycles. The molecule has 0 aromatic heterocycles. The molecule has 1 N–H and O–H groups in total. The highest BCUT2D eigenvalue weighted by Crippen LogP contribution is 2.25. The molecule has 1 saturated carbocycles. The van der Waals surface area contributed by atoms with Gasteiger partial charge in [0.05, 0.1) is 0 Å². The van der Waals surface area contributed by atoms with Crippen molar-refractivity contribution in [1.29, 1.82) is 0 Å². The van der Waals surface area contributed by atoms with Gasteiger partial charge in [-0.25, -0.2) is 8.78 Å². The first-order chi connectivity index (χ1) is 8.56. The van der Waals surface area contributed by atoms with E-state index in [0.29, 0.717) is 23.7 Å². The van der Waals surface area contributed by atoms with Crippen molar-refractivity contribution < 1.29 is 13.5 Å². The average Bonchev–Trinajstić information content (AvgIpc) is 3.08. The van der Waals surface area contributed by atoms with Gasteiger partial charge in [0, 0.05) is 12.6 Å². The van der Waals surface area contributed by atoms with Gasteiger partial charge in [0.1, 0.15) is 6.61 Å². The van der Waals surface area contributed by atoms with Gasteiger partial charge in [-0.3, -0.25) is 0 Å². The van der Waals surface area contributed by atoms with Crippen molar-refractivity contribution in [3.8, 4) is 5.75 Å². The summed E-state index contributed by atoms with van der Waals surface area (Å²) in [5.74, 6) is -1.65. The van der Waals surface area contributed by atoms with Gasteiger partial charge < -0.3 is 10.1 Å². The smallest absolute Gasteiger partial charge is 0.191 e. The summed E-state index contributed by atoms with van der Waals surface area (Å²) in [7, 11) is 0. The standard InChI is InChI=1S/C14H17F2NO/c1-9(2)8-18-14-12(15)5-10(6-13(14)16)7-17-11-3-4-11/h5-6,11,17H,1,3-4,7-8H2,2H3. The van der Waals surface area contributed by atoms with Gasteiger partial charge in [-0.2, -0.15) is 0 Å². The molecule has 4 heteroatoms. The van der Waals surface area contributed by atoms with Crippen LogP contribution >= 0.6 is 0 Å². The SMILES string of the molecule is C=C(C)COc1c(F)cc(CNC2CC2)cc1F. The Labute approximate surface area is 106 Å². The number of benzene rings is 1. The second kappa shape index (κ2) is 5.48. The molecular formula is C14H17F2NO. The topological polar surface area (TPSA) is 21.3 Å². The van der Waals surface area contributed by atoms with Gasteiger partial charge in [-0.1, -0.05) is 6.58 Å². The average molecular weight is 253 g/mol. The van der Waals surface area contributed by atoms with Crippen LogP contribution in [0.1, 0.15) is 25.3 Å². The summed E-state index contributed by atoms with van der Waals surface area (Å²) in [5, 5.41) is 3.21. The van der Waals surface area contributed by atoms with E-state index in [2.05, 4.69) is 11.9 Å². The van der Waals surface area contributed by atoms with Crippen molar-refractivity contribution in [3.63, 3.8) is 0 Å². The van der Waals surface area contributed by atoms with E-state index in [9.17, 15) is 8.78 Å². The predicted molar refractivity (Wildman–Crippen MR) is 66.5 cm³/mol. The van der Waals surface area contributed by atoms with Gasteiger partial charge >= 0.3 is 0 Å². The first-order valence-electron chi connectivity index (χ1n) is 6.04. The zero-order valence-corrected chi connectivity index (χ0v) is 10.4. The van der Waals surface area contributed by atoms with Crippen LogP contribution in [0.3, 0.4) is 0 Å². The Morgan fingerprint density at radius 1 is 1.39 bits per heavy atom. The molecule has 1 fully saturated rings. The summed E-state index contributed by atoms with van der Waals surface area (Å²) in [6, 6.07) is 3.13. The third kappa shape index (κ3) is 3.53. The van der Waals surface area contributed by atoms with Crippen LogP contribution in [0, 0.1) is 11.6 Å². The highest BCUT2D eigenvalue weighted by molar-refractivity contribution is 5.31. The summed E-state index contributed by atoms with van der Waals surface area (Å²) in [6.45, 7) is 5.97. The molecule has 1 aromatic rings. The lowest BCUT2D eigenvalue weighted by molar-refractivity contribution is 0.312. The fraction of sp³-hybridized carbons (Fsp3) is 0.429. The van der Waals surface area contributed by atoms with E-state index in [-0.39, 0.29) is 12.4 Å². The monoisotopic (exact) mass is 253 g/mol. The van der Waals surface area contributed by atoms with Crippen LogP contribution in [-0.4, -0.2) is 12.6 Å². The van der Waals surface area contributed by atoms with Crippen LogP contribution in [0.15, 0.2) is 24.3 Å². The zero-order valence-electron chi connectivity index (χ0n) is 10.4. The minimum absolute atomic E-state index is 0.119. The largest absolute Gasteiger partial charge is 0.483 e. The molecule has 1 aliphatic rings. The lowest BCUT2D eigenvalue weighted by Crippen LogP contribution is -2.15. The Kier molecular flexibility index (Phi) is 3.97. The summed E-state index contributed by atoms with van der Waals surface area (Å²) in [5.41, 5.74) is 1.31. The van der Waals surface area contributed by atoms with Crippen molar-refractivity contribution in [2.24, 2.45) is 0 Å². The molecule has 0 radical (unpaired) electrons. The molecule has 0 heterocycles. The fourth-order valence-electron chi connectivity index (χ4n) is 1.60. The molecule has 2 nitrogen and oxygen atoms in total. The van der Waals surface area contributed by atoms with Crippen LogP contribution in [0.25, 0.3) is 0 Å². The molecule has 98 valence electrons. The summed E-state index contributed by atoms with van der Waals surface area (Å²) in [6.07, 6.45) is 2.29. The van der Waals surface area contributed by atoms with E-state index in [0.717, 1.165) is 12.8 Å². The van der Waals surface area contributed by atoms with Crippen molar-refractivity contribution >= 4 is 0 Å². The molecule has 18 heavy (non-hydrogen) atoms. The first kappa shape index (κ1) is 13.0. The van der Waals surface area contributed by atoms with Crippen molar-refractivity contribution in [1.82, 2.24) is 5.32 Å². The molecule has 0 atom stereocenters. The maximum atomic E-state index is 13.7. The van der Waals surface area contributed by atoms with Crippen LogP contribution in [0.5, 0.6) is 5.75 Å². The van der Waals surface area contributed by atoms with Crippen molar-refractivity contribution in [2.45, 2.75) is 32.4 Å². The molecule has 0 amide bonds. The predicted octanol–water partition coefficient (Wildman–Crippen LogP) is 3.17. The summed E-state index contributed by atoms with van der Waals surface area (Å²) in [4.78, 5) is 0. The molecule has 0 aliphatic heterocycles. The Morgan fingerprint density at radius 2 is 2.00 bits per heavy atom. The van der Waals surface area contributed by atoms with Gasteiger partial charge in [0.15, 0.2) is 17.4 Å². The molecule has 0 unspecified atom stereocenters. The van der Waals surface area contributed by atoms with E-state index < -0.39 is 11.6 Å². The first-order valence-corrected chi connectivity index (χ1v) is 6.04. The lowest BCUT2D eigenvalue weighted by atomic mass is 10.2. The van der Waals surface area contributed by atoms with Gasteiger partial charge in [0.25, 0.3) is 0 Å². The van der Waals surface area contributed by atoms with E-state index in [1.54, 1.807) is 6.92 Å². The van der Waals surface area contributed by atoms with Crippen LogP contribution < -0.4 is 10.1 Å². The second-order valence-corrected chi connectivity index (χ2v) is 4.79. The Bertz CT molecular complexity index is 432. The molecule has 2 rings (SSSR count). The van der Waals surface area contributed by atoms with E-state index in [4.69, 9.17) is 4.74 Å². The Balaban J connectivity index is 2.04. The number of halogens is 2. The second-order valence-electron chi connectivity index (χ2n) is 4.79. The highest BCUT2D eigenvalue weighted by Gasteiger charge is 2.20. The van der Waals surface area contributed by atoms with Crippen molar-refractivity contribution in [3.05, 3.63) is 41.5 Å². The van der Waals surface area contributed by atoms with Gasteiger partial charge in [-0.05, 0) is 43.0 Å². The van der Waals surface area contributed by atoms with E-state index in [1.807, 2.05) is 0 Å². The quantitative estimate of drug-likeness (QED) is 0.786. The lowest BCUT2D eigenvalue weighted by Gasteiger charge is -2.10. The minimum Gasteiger partial charge on any atom is -0.483 e. The molecule has 1 aromatic carbocycles. The minimum atomic E-state index is -0.663. The molecular weight excluding hydrogens is 236 g/mol. The molecule has 0 bridgehead atoms. The third-order valence-corrected chi connectivity index (χ3v) is 2.69. The fourth-order valence-corrected chi connectivity index (χ4v) is 1.60. The Hall–Kier alpha value is -1.42. The van der Waals surface area contributed by atoms with Crippen LogP contribution in [-0.2, 0) is 6.54 Å². The maximum absolute atomic E-state index is 13.7. The number of hydrogen-bond donors (Lipinski definition) is 1. The molecule has 0 spiro atoms. The summed E-state index contributed by atoms with van der Waals surface area (Å²) < 4.78 is 32.4. The van der Waals surface area contributed by atoms with Crippen LogP contribution in [0.4, 0.5) is 8.78 Å². The normalized spacial score (nSPS) is 14.6. The maximum Gasteiger partial charge on any atom is 0.191 e. The van der Waals surface area contributed by atoms with Crippen LogP contribution in [0.2, 0.25) is 0 Å². The van der Waals surface area contributed by atoms with Gasteiger partial charge in [0.2, 0.25) is 0 Å². The number of ether oxygens (including phenoxy) is 1. The van der Waals surface area contributed by atoms with E-state index in [1.165, 1.54) is 12.1 Å². The number of rotatable bonds is 6.